The van der Waals surface area contributed by atoms with Crippen molar-refractivity contribution in [2.24, 2.45) is 0 Å². The number of ether oxygens (including phenoxy) is 1. The number of thiophene rings is 1. The van der Waals surface area contributed by atoms with Gasteiger partial charge >= 0.3 is 0 Å². The Bertz CT molecular complexity index is 847. The number of nitrogens with zero attached hydrogens (tertiary/aromatic N) is 4. The monoisotopic (exact) mass is 326 g/mol. The van der Waals surface area contributed by atoms with Gasteiger partial charge in [-0.1, -0.05) is 6.07 Å². The highest BCUT2D eigenvalue weighted by atomic mass is 32.1. The average molecular weight is 326 g/mol. The van der Waals surface area contributed by atoms with Gasteiger partial charge in [0.25, 0.3) is 0 Å². The fourth-order valence-electron chi connectivity index (χ4n) is 3.84. The smallest absolute Gasteiger partial charge is 0.231 e. The number of rotatable bonds is 1. The molecule has 0 bridgehead atoms. The van der Waals surface area contributed by atoms with Gasteiger partial charge in [-0.15, -0.1) is 21.5 Å². The van der Waals surface area contributed by atoms with E-state index in [1.54, 1.807) is 0 Å². The molecule has 0 N–H and O–H groups in total. The molecule has 3 aromatic heterocycles. The molecule has 23 heavy (non-hydrogen) atoms. The van der Waals surface area contributed by atoms with Gasteiger partial charge in [-0.2, -0.15) is 0 Å². The number of aromatic nitrogens is 3. The summed E-state index contributed by atoms with van der Waals surface area (Å²) in [6.45, 7) is 2.75. The molecule has 6 heteroatoms. The van der Waals surface area contributed by atoms with E-state index in [0.717, 1.165) is 50.6 Å². The van der Waals surface area contributed by atoms with E-state index in [-0.39, 0.29) is 5.60 Å². The Morgan fingerprint density at radius 2 is 2.04 bits per heavy atom. The zero-order valence-corrected chi connectivity index (χ0v) is 13.6. The molecular weight excluding hydrogens is 308 g/mol. The van der Waals surface area contributed by atoms with Crippen LogP contribution < -0.4 is 4.90 Å². The van der Waals surface area contributed by atoms with E-state index in [2.05, 4.69) is 30.9 Å². The number of pyridine rings is 1. The summed E-state index contributed by atoms with van der Waals surface area (Å²) in [6, 6.07) is 8.27. The first-order valence-electron chi connectivity index (χ1n) is 8.11. The third kappa shape index (κ3) is 2.01. The van der Waals surface area contributed by atoms with Gasteiger partial charge in [-0.25, -0.2) is 0 Å². The van der Waals surface area contributed by atoms with E-state index >= 15 is 0 Å². The molecule has 1 saturated heterocycles. The highest BCUT2D eigenvalue weighted by Crippen LogP contribution is 2.44. The van der Waals surface area contributed by atoms with E-state index in [0.29, 0.717) is 0 Å². The van der Waals surface area contributed by atoms with Crippen LogP contribution in [0.5, 0.6) is 0 Å². The SMILES string of the molecule is c1ccn2c(N3CCC4(CC3)OCCc3ccsc34)nnc2c1. The van der Waals surface area contributed by atoms with Gasteiger partial charge < -0.3 is 9.64 Å². The predicted octanol–water partition coefficient (Wildman–Crippen LogP) is 2.86. The fraction of sp³-hybridized carbons (Fsp3) is 0.412. The van der Waals surface area contributed by atoms with Crippen LogP contribution in [0.4, 0.5) is 5.95 Å². The molecule has 0 atom stereocenters. The molecule has 1 spiro atoms. The molecule has 0 radical (unpaired) electrons. The van der Waals surface area contributed by atoms with Gasteiger partial charge in [0.15, 0.2) is 5.65 Å². The Morgan fingerprint density at radius 3 is 2.96 bits per heavy atom. The zero-order chi connectivity index (χ0) is 15.3. The number of anilines is 1. The van der Waals surface area contributed by atoms with E-state index in [9.17, 15) is 0 Å². The standard InChI is InChI=1S/C17H18N4OS/c1-2-8-21-14(3-1)18-19-16(21)20-9-6-17(7-10-20)15-13(4-11-22-17)5-12-23-15/h1-3,5,8,12H,4,6-7,9-11H2. The van der Waals surface area contributed by atoms with Crippen molar-refractivity contribution in [1.82, 2.24) is 14.6 Å². The zero-order valence-electron chi connectivity index (χ0n) is 12.8. The minimum absolute atomic E-state index is 0.0707. The van der Waals surface area contributed by atoms with E-state index in [1.165, 1.54) is 10.4 Å². The number of hydrogen-bond donors (Lipinski definition) is 0. The normalized spacial score (nSPS) is 20.1. The van der Waals surface area contributed by atoms with Crippen molar-refractivity contribution < 1.29 is 4.74 Å². The van der Waals surface area contributed by atoms with Gasteiger partial charge in [0.05, 0.1) is 6.61 Å². The Kier molecular flexibility index (Phi) is 2.96. The van der Waals surface area contributed by atoms with Gasteiger partial charge in [0.1, 0.15) is 5.60 Å². The van der Waals surface area contributed by atoms with Crippen LogP contribution >= 0.6 is 11.3 Å². The lowest BCUT2D eigenvalue weighted by atomic mass is 9.85. The third-order valence-corrected chi connectivity index (χ3v) is 6.20. The maximum Gasteiger partial charge on any atom is 0.231 e. The van der Waals surface area contributed by atoms with Gasteiger partial charge in [-0.05, 0) is 48.4 Å². The molecule has 118 valence electrons. The van der Waals surface area contributed by atoms with Crippen LogP contribution in [0.25, 0.3) is 5.65 Å². The maximum absolute atomic E-state index is 6.29. The predicted molar refractivity (Wildman–Crippen MR) is 90.1 cm³/mol. The third-order valence-electron chi connectivity index (χ3n) is 5.06. The molecule has 3 aromatic rings. The lowest BCUT2D eigenvalue weighted by Crippen LogP contribution is -2.46. The molecule has 5 heterocycles. The molecule has 0 saturated carbocycles. The first-order valence-corrected chi connectivity index (χ1v) is 8.99. The largest absolute Gasteiger partial charge is 0.369 e. The lowest BCUT2D eigenvalue weighted by molar-refractivity contribution is -0.0736. The van der Waals surface area contributed by atoms with Crippen molar-refractivity contribution in [3.05, 3.63) is 46.3 Å². The molecule has 2 aliphatic heterocycles. The van der Waals surface area contributed by atoms with Crippen LogP contribution in [0.15, 0.2) is 35.8 Å². The van der Waals surface area contributed by atoms with Crippen molar-refractivity contribution in [1.29, 1.82) is 0 Å². The Hall–Kier alpha value is -1.92. The fourth-order valence-corrected chi connectivity index (χ4v) is 5.01. The van der Waals surface area contributed by atoms with Crippen molar-refractivity contribution in [2.75, 3.05) is 24.6 Å². The van der Waals surface area contributed by atoms with Crippen LogP contribution in [-0.4, -0.2) is 34.3 Å². The Balaban J connectivity index is 1.43. The van der Waals surface area contributed by atoms with Gasteiger partial charge in [0.2, 0.25) is 5.95 Å². The first kappa shape index (κ1) is 13.5. The van der Waals surface area contributed by atoms with Crippen molar-refractivity contribution in [3.63, 3.8) is 0 Å². The van der Waals surface area contributed by atoms with E-state index < -0.39 is 0 Å². The summed E-state index contributed by atoms with van der Waals surface area (Å²) in [5.41, 5.74) is 2.32. The molecule has 5 nitrogen and oxygen atoms in total. The van der Waals surface area contributed by atoms with Gasteiger partial charge in [0, 0.05) is 24.2 Å². The molecule has 1 fully saturated rings. The Labute approximate surface area is 138 Å². The van der Waals surface area contributed by atoms with Crippen molar-refractivity contribution >= 4 is 22.9 Å². The van der Waals surface area contributed by atoms with Crippen LogP contribution in [0.2, 0.25) is 0 Å². The second kappa shape index (κ2) is 5.04. The Morgan fingerprint density at radius 1 is 1.13 bits per heavy atom. The van der Waals surface area contributed by atoms with Crippen LogP contribution in [0.3, 0.4) is 0 Å². The average Bonchev–Trinajstić information content (AvgIpc) is 3.23. The summed E-state index contributed by atoms with van der Waals surface area (Å²) in [6.07, 6.45) is 5.12. The maximum atomic E-state index is 6.29. The topological polar surface area (TPSA) is 42.7 Å². The first-order chi connectivity index (χ1) is 11.4. The van der Waals surface area contributed by atoms with E-state index in [4.69, 9.17) is 4.74 Å². The number of fused-ring (bicyclic) bond motifs is 3. The second-order valence-electron chi connectivity index (χ2n) is 6.28. The van der Waals surface area contributed by atoms with Gasteiger partial charge in [-0.3, -0.25) is 4.40 Å². The number of piperidine rings is 1. The summed E-state index contributed by atoms with van der Waals surface area (Å²) in [4.78, 5) is 3.78. The summed E-state index contributed by atoms with van der Waals surface area (Å²) in [5, 5.41) is 10.9. The van der Waals surface area contributed by atoms with Crippen molar-refractivity contribution in [3.8, 4) is 0 Å². The summed E-state index contributed by atoms with van der Waals surface area (Å²) < 4.78 is 8.35. The molecule has 5 rings (SSSR count). The molecular formula is C17H18N4OS. The van der Waals surface area contributed by atoms with E-state index in [1.807, 2.05) is 35.7 Å². The summed E-state index contributed by atoms with van der Waals surface area (Å²) in [7, 11) is 0. The summed E-state index contributed by atoms with van der Waals surface area (Å²) >= 11 is 1.86. The minimum atomic E-state index is -0.0707. The molecule has 0 aliphatic carbocycles. The number of hydrogen-bond acceptors (Lipinski definition) is 5. The van der Waals surface area contributed by atoms with Crippen LogP contribution in [0.1, 0.15) is 23.3 Å². The minimum Gasteiger partial charge on any atom is -0.369 e. The lowest BCUT2D eigenvalue weighted by Gasteiger charge is -2.43. The molecule has 2 aliphatic rings. The highest BCUT2D eigenvalue weighted by molar-refractivity contribution is 7.10. The molecule has 0 unspecified atom stereocenters. The second-order valence-corrected chi connectivity index (χ2v) is 7.20. The molecule has 0 amide bonds. The van der Waals surface area contributed by atoms with Crippen LogP contribution in [-0.2, 0) is 16.8 Å². The van der Waals surface area contributed by atoms with Crippen molar-refractivity contribution in [2.45, 2.75) is 24.9 Å². The highest BCUT2D eigenvalue weighted by Gasteiger charge is 2.42. The summed E-state index contributed by atoms with van der Waals surface area (Å²) in [5.74, 6) is 0.942. The van der Waals surface area contributed by atoms with Crippen LogP contribution in [0, 0.1) is 0 Å². The quantitative estimate of drug-likeness (QED) is 0.690. The molecule has 0 aromatic carbocycles.